The molecule has 4 rings (SSSR count). The van der Waals surface area contributed by atoms with Gasteiger partial charge in [-0.3, -0.25) is 4.79 Å². The molecule has 1 nitrogen and oxygen atoms in total. The molecule has 4 aliphatic carbocycles. The molecule has 0 spiro atoms. The lowest BCUT2D eigenvalue weighted by Gasteiger charge is -2.60. The van der Waals surface area contributed by atoms with Crippen LogP contribution < -0.4 is 0 Å². The van der Waals surface area contributed by atoms with E-state index in [2.05, 4.69) is 13.8 Å². The molecule has 7 atom stereocenters. The van der Waals surface area contributed by atoms with E-state index in [9.17, 15) is 13.6 Å². The number of fused-ring (bicyclic) bond motifs is 5. The molecule has 0 saturated heterocycles. The molecular weight excluding hydrogens is 306 g/mol. The molecular formula is C21H32F2O. The fourth-order valence-corrected chi connectivity index (χ4v) is 7.77. The molecule has 0 aromatic heterocycles. The van der Waals surface area contributed by atoms with E-state index in [1.165, 1.54) is 32.1 Å². The van der Waals surface area contributed by atoms with Crippen LogP contribution in [0.5, 0.6) is 0 Å². The smallest absolute Gasteiger partial charge is 0.238 e. The normalized spacial score (nSPS) is 51.2. The largest absolute Gasteiger partial charge is 0.299 e. The molecule has 24 heavy (non-hydrogen) atoms. The van der Waals surface area contributed by atoms with Gasteiger partial charge in [0, 0.05) is 18.8 Å². The Hall–Kier alpha value is -0.470. The maximum Gasteiger partial charge on any atom is 0.238 e. The lowest BCUT2D eigenvalue weighted by molar-refractivity contribution is -0.140. The summed E-state index contributed by atoms with van der Waals surface area (Å²) in [5.41, 5.74) is 0.246. The van der Waals surface area contributed by atoms with Crippen LogP contribution in [0, 0.1) is 40.4 Å². The van der Waals surface area contributed by atoms with Crippen molar-refractivity contribution in [1.29, 1.82) is 0 Å². The number of hydrogen-bond donors (Lipinski definition) is 0. The van der Waals surface area contributed by atoms with Crippen molar-refractivity contribution >= 4 is 5.78 Å². The first-order valence-electron chi connectivity index (χ1n) is 10.2. The Balaban J connectivity index is 1.63. The third kappa shape index (κ3) is 2.32. The molecule has 4 fully saturated rings. The summed E-state index contributed by atoms with van der Waals surface area (Å²) < 4.78 is 26.1. The van der Waals surface area contributed by atoms with E-state index in [1.54, 1.807) is 0 Å². The number of Topliss-reactive ketones (excluding diaryl/α,β-unsaturated/α-hetero) is 1. The molecule has 0 amide bonds. The lowest BCUT2D eigenvalue weighted by Crippen LogP contribution is -2.53. The zero-order valence-electron chi connectivity index (χ0n) is 15.2. The highest BCUT2D eigenvalue weighted by Crippen LogP contribution is 2.67. The molecule has 0 aromatic rings. The second kappa shape index (κ2) is 5.77. The number of alkyl halides is 2. The maximum absolute atomic E-state index is 13.0. The molecule has 0 heterocycles. The number of halogens is 2. The minimum Gasteiger partial charge on any atom is -0.299 e. The first kappa shape index (κ1) is 17.0. The highest BCUT2D eigenvalue weighted by Gasteiger charge is 2.62. The molecule has 1 unspecified atom stereocenters. The standard InChI is InChI=1S/C21H32F2O/c1-20-9-4-3-5-13(20)6-7-15-16(20)8-10-21(2)14(12-18(22)23)11-17(24)19(15)21/h13-16,18-19H,3-12H2,1-2H3/t13?,14-,15-,16+,19-,20+,21-/m1/s1. The van der Waals surface area contributed by atoms with Crippen LogP contribution in [0.15, 0.2) is 0 Å². The van der Waals surface area contributed by atoms with Gasteiger partial charge in [0.2, 0.25) is 6.43 Å². The quantitative estimate of drug-likeness (QED) is 0.615. The Morgan fingerprint density at radius 3 is 2.58 bits per heavy atom. The summed E-state index contributed by atoms with van der Waals surface area (Å²) in [5, 5.41) is 0. The van der Waals surface area contributed by atoms with Gasteiger partial charge in [0.15, 0.2) is 0 Å². The second-order valence-electron chi connectivity index (χ2n) is 9.81. The molecule has 136 valence electrons. The Morgan fingerprint density at radius 2 is 1.83 bits per heavy atom. The van der Waals surface area contributed by atoms with E-state index in [0.29, 0.717) is 29.5 Å². The van der Waals surface area contributed by atoms with E-state index in [4.69, 9.17) is 0 Å². The average molecular weight is 338 g/mol. The molecule has 0 aromatic carbocycles. The van der Waals surface area contributed by atoms with Crippen molar-refractivity contribution in [2.75, 3.05) is 0 Å². The first-order valence-corrected chi connectivity index (χ1v) is 10.2. The van der Waals surface area contributed by atoms with E-state index in [1.807, 2.05) is 0 Å². The van der Waals surface area contributed by atoms with Gasteiger partial charge in [-0.15, -0.1) is 0 Å². The van der Waals surface area contributed by atoms with Crippen LogP contribution in [0.1, 0.15) is 78.1 Å². The van der Waals surface area contributed by atoms with E-state index in [0.717, 1.165) is 25.2 Å². The molecule has 3 heteroatoms. The van der Waals surface area contributed by atoms with Gasteiger partial charge in [-0.25, -0.2) is 8.78 Å². The Kier molecular flexibility index (Phi) is 4.08. The third-order valence-corrected chi connectivity index (χ3v) is 8.99. The molecule has 4 aliphatic rings. The van der Waals surface area contributed by atoms with Crippen LogP contribution in [-0.4, -0.2) is 12.2 Å². The molecule has 0 bridgehead atoms. The number of ketones is 1. The van der Waals surface area contributed by atoms with Crippen molar-refractivity contribution < 1.29 is 13.6 Å². The number of carbonyl (C=O) groups excluding carboxylic acids is 1. The van der Waals surface area contributed by atoms with E-state index in [-0.39, 0.29) is 23.7 Å². The van der Waals surface area contributed by atoms with Gasteiger partial charge in [-0.05, 0) is 73.0 Å². The number of carbonyl (C=O) groups is 1. The summed E-state index contributed by atoms with van der Waals surface area (Å²) in [5.74, 6) is 2.26. The van der Waals surface area contributed by atoms with Gasteiger partial charge in [0.1, 0.15) is 5.78 Å². The van der Waals surface area contributed by atoms with Crippen LogP contribution >= 0.6 is 0 Å². The predicted octanol–water partition coefficient (Wildman–Crippen LogP) is 5.87. The van der Waals surface area contributed by atoms with Gasteiger partial charge >= 0.3 is 0 Å². The van der Waals surface area contributed by atoms with Crippen LogP contribution in [0.2, 0.25) is 0 Å². The highest BCUT2D eigenvalue weighted by atomic mass is 19.3. The van der Waals surface area contributed by atoms with Crippen molar-refractivity contribution in [3.63, 3.8) is 0 Å². The van der Waals surface area contributed by atoms with E-state index >= 15 is 0 Å². The SMILES string of the molecule is C[C@]12CC[C@H]3[C@@H](CCC4CCCC[C@@]43C)[C@@H]1C(=O)C[C@@H]2CC(F)F. The zero-order chi connectivity index (χ0) is 17.1. The molecule has 0 aliphatic heterocycles. The predicted molar refractivity (Wildman–Crippen MR) is 90.8 cm³/mol. The van der Waals surface area contributed by atoms with Crippen molar-refractivity contribution in [1.82, 2.24) is 0 Å². The minimum absolute atomic E-state index is 0.0692. The van der Waals surface area contributed by atoms with Crippen molar-refractivity contribution in [2.24, 2.45) is 40.4 Å². The second-order valence-corrected chi connectivity index (χ2v) is 9.81. The van der Waals surface area contributed by atoms with Crippen LogP contribution in [0.25, 0.3) is 0 Å². The number of hydrogen-bond acceptors (Lipinski definition) is 1. The summed E-state index contributed by atoms with van der Waals surface area (Å²) in [6, 6.07) is 0. The third-order valence-electron chi connectivity index (χ3n) is 8.99. The molecule has 0 N–H and O–H groups in total. The highest BCUT2D eigenvalue weighted by molar-refractivity contribution is 5.85. The lowest BCUT2D eigenvalue weighted by atomic mass is 9.44. The monoisotopic (exact) mass is 338 g/mol. The maximum atomic E-state index is 13.0. The molecule has 4 saturated carbocycles. The van der Waals surface area contributed by atoms with Gasteiger partial charge < -0.3 is 0 Å². The summed E-state index contributed by atoms with van der Waals surface area (Å²) in [6.07, 6.45) is 8.03. The Labute approximate surface area is 145 Å². The van der Waals surface area contributed by atoms with Gasteiger partial charge in [-0.1, -0.05) is 26.7 Å². The van der Waals surface area contributed by atoms with Crippen LogP contribution in [0.4, 0.5) is 8.78 Å². The Morgan fingerprint density at radius 1 is 1.04 bits per heavy atom. The summed E-state index contributed by atoms with van der Waals surface area (Å²) in [6.45, 7) is 4.66. The van der Waals surface area contributed by atoms with E-state index < -0.39 is 6.43 Å². The van der Waals surface area contributed by atoms with Crippen LogP contribution in [0.3, 0.4) is 0 Å². The van der Waals surface area contributed by atoms with Gasteiger partial charge in [-0.2, -0.15) is 0 Å². The first-order chi connectivity index (χ1) is 11.4. The summed E-state index contributed by atoms with van der Waals surface area (Å²) in [4.78, 5) is 12.9. The summed E-state index contributed by atoms with van der Waals surface area (Å²) in [7, 11) is 0. The van der Waals surface area contributed by atoms with Crippen molar-refractivity contribution in [2.45, 2.75) is 84.5 Å². The molecule has 0 radical (unpaired) electrons. The summed E-state index contributed by atoms with van der Waals surface area (Å²) >= 11 is 0. The minimum atomic E-state index is -2.28. The fraction of sp³-hybridized carbons (Fsp3) is 0.952. The van der Waals surface area contributed by atoms with Gasteiger partial charge in [0.05, 0.1) is 0 Å². The zero-order valence-corrected chi connectivity index (χ0v) is 15.2. The van der Waals surface area contributed by atoms with Crippen LogP contribution in [-0.2, 0) is 4.79 Å². The van der Waals surface area contributed by atoms with Crippen molar-refractivity contribution in [3.8, 4) is 0 Å². The number of rotatable bonds is 2. The topological polar surface area (TPSA) is 17.1 Å². The van der Waals surface area contributed by atoms with Crippen molar-refractivity contribution in [3.05, 3.63) is 0 Å². The average Bonchev–Trinajstić information content (AvgIpc) is 2.77. The Bertz CT molecular complexity index is 518. The fourth-order valence-electron chi connectivity index (χ4n) is 7.77. The van der Waals surface area contributed by atoms with Gasteiger partial charge in [0.25, 0.3) is 0 Å².